The van der Waals surface area contributed by atoms with E-state index in [-0.39, 0.29) is 11.3 Å². The van der Waals surface area contributed by atoms with Gasteiger partial charge in [-0.3, -0.25) is 4.79 Å². The first-order chi connectivity index (χ1) is 8.41. The minimum Gasteiger partial charge on any atom is -0.337 e. The van der Waals surface area contributed by atoms with E-state index < -0.39 is 0 Å². The zero-order chi connectivity index (χ0) is 13.8. The molecule has 102 valence electrons. The number of hydrogen-bond donors (Lipinski definition) is 1. The zero-order valence-corrected chi connectivity index (χ0v) is 12.4. The Morgan fingerprint density at radius 3 is 2.61 bits per heavy atom. The summed E-state index contributed by atoms with van der Waals surface area (Å²) in [6, 6.07) is 0. The molecule has 0 aliphatic rings. The Kier molecular flexibility index (Phi) is 5.22. The van der Waals surface area contributed by atoms with Crippen molar-refractivity contribution < 1.29 is 4.79 Å². The van der Waals surface area contributed by atoms with Crippen LogP contribution < -0.4 is 5.73 Å². The number of nitrogens with zero attached hydrogens (tertiary/aromatic N) is 3. The number of carbonyl (C=O) groups is 1. The highest BCUT2D eigenvalue weighted by Gasteiger charge is 2.26. The maximum Gasteiger partial charge on any atom is 0.267 e. The number of rotatable bonds is 6. The van der Waals surface area contributed by atoms with Gasteiger partial charge in [-0.2, -0.15) is 0 Å². The van der Waals surface area contributed by atoms with E-state index in [1.807, 2.05) is 11.8 Å². The summed E-state index contributed by atoms with van der Waals surface area (Å²) in [6.45, 7) is 9.97. The van der Waals surface area contributed by atoms with Crippen LogP contribution in [0.1, 0.15) is 42.6 Å². The first-order valence-electron chi connectivity index (χ1n) is 6.19. The van der Waals surface area contributed by atoms with Crippen LogP contribution in [0.25, 0.3) is 0 Å². The van der Waals surface area contributed by atoms with Gasteiger partial charge in [-0.25, -0.2) is 0 Å². The second-order valence-corrected chi connectivity index (χ2v) is 6.04. The molecule has 0 radical (unpaired) electrons. The molecule has 0 fully saturated rings. The Labute approximate surface area is 113 Å². The summed E-state index contributed by atoms with van der Waals surface area (Å²) < 4.78 is 3.82. The van der Waals surface area contributed by atoms with E-state index in [9.17, 15) is 4.79 Å². The molecule has 1 rings (SSSR count). The van der Waals surface area contributed by atoms with E-state index in [2.05, 4.69) is 30.4 Å². The molecule has 18 heavy (non-hydrogen) atoms. The molecule has 0 atom stereocenters. The third kappa shape index (κ3) is 3.74. The molecule has 1 amide bonds. The van der Waals surface area contributed by atoms with Gasteiger partial charge in [0.2, 0.25) is 0 Å². The molecule has 6 heteroatoms. The van der Waals surface area contributed by atoms with Crippen molar-refractivity contribution in [3.63, 3.8) is 0 Å². The molecule has 0 saturated heterocycles. The van der Waals surface area contributed by atoms with Crippen molar-refractivity contribution in [1.82, 2.24) is 14.5 Å². The van der Waals surface area contributed by atoms with Crippen molar-refractivity contribution in [2.24, 2.45) is 11.1 Å². The van der Waals surface area contributed by atoms with E-state index in [1.54, 1.807) is 0 Å². The second kappa shape index (κ2) is 6.24. The van der Waals surface area contributed by atoms with E-state index in [0.717, 1.165) is 24.5 Å². The lowest BCUT2D eigenvalue weighted by atomic mass is 9.93. The molecular weight excluding hydrogens is 248 g/mol. The van der Waals surface area contributed by atoms with Crippen LogP contribution in [0.4, 0.5) is 0 Å². The largest absolute Gasteiger partial charge is 0.337 e. The molecule has 1 heterocycles. The Balaban J connectivity index is 2.85. The van der Waals surface area contributed by atoms with Gasteiger partial charge >= 0.3 is 0 Å². The molecule has 0 aromatic carbocycles. The smallest absolute Gasteiger partial charge is 0.267 e. The van der Waals surface area contributed by atoms with Gasteiger partial charge in [0.15, 0.2) is 0 Å². The monoisotopic (exact) mass is 270 g/mol. The lowest BCUT2D eigenvalue weighted by Gasteiger charge is -2.31. The van der Waals surface area contributed by atoms with Crippen LogP contribution in [0, 0.1) is 12.3 Å². The molecule has 0 aliphatic heterocycles. The lowest BCUT2D eigenvalue weighted by Crippen LogP contribution is -2.42. The molecule has 0 aliphatic carbocycles. The third-order valence-corrected chi connectivity index (χ3v) is 3.61. The van der Waals surface area contributed by atoms with Crippen LogP contribution in [-0.4, -0.2) is 40.0 Å². The molecule has 0 spiro atoms. The minimum absolute atomic E-state index is 0.0193. The highest BCUT2D eigenvalue weighted by molar-refractivity contribution is 7.07. The van der Waals surface area contributed by atoms with Crippen LogP contribution in [0.15, 0.2) is 0 Å². The van der Waals surface area contributed by atoms with Crippen LogP contribution in [0.2, 0.25) is 0 Å². The van der Waals surface area contributed by atoms with Gasteiger partial charge in [0, 0.05) is 13.1 Å². The molecule has 2 N–H and O–H groups in total. The highest BCUT2D eigenvalue weighted by atomic mass is 32.1. The summed E-state index contributed by atoms with van der Waals surface area (Å²) in [6.07, 6.45) is 0.928. The highest BCUT2D eigenvalue weighted by Crippen LogP contribution is 2.19. The Morgan fingerprint density at radius 1 is 1.50 bits per heavy atom. The van der Waals surface area contributed by atoms with Gasteiger partial charge in [-0.15, -0.1) is 5.10 Å². The quantitative estimate of drug-likeness (QED) is 0.853. The van der Waals surface area contributed by atoms with Gasteiger partial charge in [-0.05, 0) is 36.8 Å². The SMILES string of the molecule is CCCN(CC(C)(C)CN)C(=O)c1snnc1C. The molecule has 0 unspecified atom stereocenters. The fourth-order valence-corrected chi connectivity index (χ4v) is 2.30. The predicted octanol–water partition coefficient (Wildman–Crippen LogP) is 1.68. The van der Waals surface area contributed by atoms with Crippen molar-refractivity contribution in [3.05, 3.63) is 10.6 Å². The summed E-state index contributed by atoms with van der Waals surface area (Å²) >= 11 is 1.16. The predicted molar refractivity (Wildman–Crippen MR) is 73.7 cm³/mol. The fourth-order valence-electron chi connectivity index (χ4n) is 1.67. The van der Waals surface area contributed by atoms with Crippen LogP contribution in [-0.2, 0) is 0 Å². The summed E-state index contributed by atoms with van der Waals surface area (Å²) in [5.41, 5.74) is 6.37. The van der Waals surface area contributed by atoms with Crippen molar-refractivity contribution in [2.45, 2.75) is 34.1 Å². The Bertz CT molecular complexity index is 403. The molecular formula is C12H22N4OS. The van der Waals surface area contributed by atoms with Crippen LogP contribution in [0.5, 0.6) is 0 Å². The van der Waals surface area contributed by atoms with Crippen LogP contribution in [0.3, 0.4) is 0 Å². The van der Waals surface area contributed by atoms with Crippen molar-refractivity contribution in [1.29, 1.82) is 0 Å². The normalized spacial score (nSPS) is 11.6. The maximum absolute atomic E-state index is 12.4. The number of nitrogens with two attached hydrogens (primary N) is 1. The van der Waals surface area contributed by atoms with E-state index in [1.165, 1.54) is 0 Å². The number of amides is 1. The van der Waals surface area contributed by atoms with Gasteiger partial charge in [-0.1, -0.05) is 25.3 Å². The lowest BCUT2D eigenvalue weighted by molar-refractivity contribution is 0.0693. The Hall–Kier alpha value is -1.01. The van der Waals surface area contributed by atoms with Gasteiger partial charge < -0.3 is 10.6 Å². The van der Waals surface area contributed by atoms with E-state index in [4.69, 9.17) is 5.73 Å². The molecule has 0 saturated carbocycles. The van der Waals surface area contributed by atoms with Gasteiger partial charge in [0.1, 0.15) is 4.88 Å². The average Bonchev–Trinajstić information content (AvgIpc) is 2.74. The topological polar surface area (TPSA) is 72.1 Å². The second-order valence-electron chi connectivity index (χ2n) is 5.28. The number of hydrogen-bond acceptors (Lipinski definition) is 5. The maximum atomic E-state index is 12.4. The molecule has 1 aromatic rings. The first-order valence-corrected chi connectivity index (χ1v) is 6.97. The summed E-state index contributed by atoms with van der Waals surface area (Å²) in [5.74, 6) is 0.0193. The summed E-state index contributed by atoms with van der Waals surface area (Å²) in [4.78, 5) is 14.9. The number of carbonyl (C=O) groups excluding carboxylic acids is 1. The number of aromatic nitrogens is 2. The minimum atomic E-state index is -0.0726. The molecule has 1 aromatic heterocycles. The van der Waals surface area contributed by atoms with Crippen LogP contribution >= 0.6 is 11.5 Å². The van der Waals surface area contributed by atoms with E-state index in [0.29, 0.717) is 23.7 Å². The van der Waals surface area contributed by atoms with Gasteiger partial charge in [0.05, 0.1) is 5.69 Å². The summed E-state index contributed by atoms with van der Waals surface area (Å²) in [5, 5.41) is 3.89. The van der Waals surface area contributed by atoms with Crippen molar-refractivity contribution >= 4 is 17.4 Å². The Morgan fingerprint density at radius 2 is 2.17 bits per heavy atom. The number of aryl methyl sites for hydroxylation is 1. The fraction of sp³-hybridized carbons (Fsp3) is 0.750. The summed E-state index contributed by atoms with van der Waals surface area (Å²) in [7, 11) is 0. The standard InChI is InChI=1S/C12H22N4OS/c1-5-6-16(8-12(3,4)7-13)11(17)10-9(2)14-15-18-10/h5-8,13H2,1-4H3. The third-order valence-electron chi connectivity index (χ3n) is 2.80. The van der Waals surface area contributed by atoms with Crippen molar-refractivity contribution in [2.75, 3.05) is 19.6 Å². The molecule has 5 nitrogen and oxygen atoms in total. The average molecular weight is 270 g/mol. The van der Waals surface area contributed by atoms with Gasteiger partial charge in [0.25, 0.3) is 5.91 Å². The van der Waals surface area contributed by atoms with Crippen molar-refractivity contribution in [3.8, 4) is 0 Å². The molecule has 0 bridgehead atoms. The zero-order valence-electron chi connectivity index (χ0n) is 11.6. The van der Waals surface area contributed by atoms with E-state index >= 15 is 0 Å². The first kappa shape index (κ1) is 15.0.